The molecule has 0 N–H and O–H groups in total. The fourth-order valence-electron chi connectivity index (χ4n) is 1.47. The maximum absolute atomic E-state index is 4.12. The van der Waals surface area contributed by atoms with Crippen molar-refractivity contribution in [3.05, 3.63) is 12.2 Å². The van der Waals surface area contributed by atoms with Crippen LogP contribution in [0.15, 0.2) is 12.2 Å². The quantitative estimate of drug-likeness (QED) is 0.411. The van der Waals surface area contributed by atoms with Gasteiger partial charge < -0.3 is 0 Å². The largest absolute Gasteiger partial charge is 0.300 e. The van der Waals surface area contributed by atoms with Gasteiger partial charge in [0.2, 0.25) is 0 Å². The van der Waals surface area contributed by atoms with E-state index in [1.807, 2.05) is 0 Å². The summed E-state index contributed by atoms with van der Waals surface area (Å²) in [6, 6.07) is 0. The normalized spacial score (nSPS) is 10.8. The molecular formula is C12H25N. The molecular weight excluding hydrogens is 158 g/mol. The number of rotatable bonds is 8. The highest BCUT2D eigenvalue weighted by Crippen LogP contribution is 2.08. The van der Waals surface area contributed by atoms with E-state index >= 15 is 0 Å². The molecule has 0 unspecified atom stereocenters. The van der Waals surface area contributed by atoms with Gasteiger partial charge in [-0.05, 0) is 25.9 Å². The highest BCUT2D eigenvalue weighted by atomic mass is 15.1. The zero-order valence-corrected chi connectivity index (χ0v) is 9.60. The van der Waals surface area contributed by atoms with Crippen molar-refractivity contribution in [3.63, 3.8) is 0 Å². The lowest BCUT2D eigenvalue weighted by Crippen LogP contribution is -2.24. The molecule has 0 aliphatic heterocycles. The highest BCUT2D eigenvalue weighted by Gasteiger charge is 2.01. The van der Waals surface area contributed by atoms with E-state index in [4.69, 9.17) is 0 Å². The fourth-order valence-corrected chi connectivity index (χ4v) is 1.47. The van der Waals surface area contributed by atoms with Crippen LogP contribution in [0.25, 0.3) is 0 Å². The average Bonchev–Trinajstić information content (AvgIpc) is 2.14. The molecule has 0 bridgehead atoms. The van der Waals surface area contributed by atoms with Crippen LogP contribution >= 0.6 is 0 Å². The Bertz CT molecular complexity index is 125. The van der Waals surface area contributed by atoms with E-state index in [1.165, 1.54) is 31.3 Å². The van der Waals surface area contributed by atoms with Gasteiger partial charge in [0.05, 0.1) is 0 Å². The third-order valence-corrected chi connectivity index (χ3v) is 2.48. The van der Waals surface area contributed by atoms with E-state index in [0.717, 1.165) is 19.6 Å². The minimum Gasteiger partial charge on any atom is -0.300 e. The summed E-state index contributed by atoms with van der Waals surface area (Å²) in [6.07, 6.45) is 5.18. The topological polar surface area (TPSA) is 3.24 Å². The molecule has 0 saturated carbocycles. The third kappa shape index (κ3) is 6.83. The molecule has 0 aliphatic rings. The first-order valence-electron chi connectivity index (χ1n) is 5.63. The van der Waals surface area contributed by atoms with E-state index in [-0.39, 0.29) is 0 Å². The Kier molecular flexibility index (Phi) is 8.11. The Labute approximate surface area is 83.8 Å². The number of hydrogen-bond donors (Lipinski definition) is 0. The Hall–Kier alpha value is -0.300. The van der Waals surface area contributed by atoms with Crippen LogP contribution in [0.2, 0.25) is 0 Å². The molecule has 0 aromatic rings. The van der Waals surface area contributed by atoms with Crippen LogP contribution in [0.3, 0.4) is 0 Å². The first-order valence-corrected chi connectivity index (χ1v) is 5.63. The van der Waals surface area contributed by atoms with Gasteiger partial charge in [0, 0.05) is 6.54 Å². The van der Waals surface area contributed by atoms with Crippen LogP contribution in [0, 0.1) is 0 Å². The number of likely N-dealkylation sites (N-methyl/N-ethyl adjacent to an activating group) is 1. The molecule has 0 heterocycles. The van der Waals surface area contributed by atoms with Crippen LogP contribution in [0.4, 0.5) is 0 Å². The van der Waals surface area contributed by atoms with Crippen molar-refractivity contribution in [2.24, 2.45) is 0 Å². The van der Waals surface area contributed by atoms with Crippen LogP contribution in [0.1, 0.15) is 46.5 Å². The fraction of sp³-hybridized carbons (Fsp3) is 0.833. The lowest BCUT2D eigenvalue weighted by Gasteiger charge is -2.19. The van der Waals surface area contributed by atoms with E-state index < -0.39 is 0 Å². The van der Waals surface area contributed by atoms with Crippen LogP contribution in [0.5, 0.6) is 0 Å². The third-order valence-electron chi connectivity index (χ3n) is 2.48. The Morgan fingerprint density at radius 3 is 2.15 bits per heavy atom. The van der Waals surface area contributed by atoms with Crippen LogP contribution in [-0.2, 0) is 0 Å². The van der Waals surface area contributed by atoms with Gasteiger partial charge in [-0.2, -0.15) is 0 Å². The molecule has 0 aromatic carbocycles. The summed E-state index contributed by atoms with van der Waals surface area (Å²) in [5.41, 5.74) is 1.40. The minimum absolute atomic E-state index is 1.09. The summed E-state index contributed by atoms with van der Waals surface area (Å²) in [7, 11) is 0. The Morgan fingerprint density at radius 2 is 1.69 bits per heavy atom. The second-order valence-corrected chi connectivity index (χ2v) is 3.67. The van der Waals surface area contributed by atoms with E-state index in [0.29, 0.717) is 0 Å². The van der Waals surface area contributed by atoms with E-state index in [1.54, 1.807) is 0 Å². The van der Waals surface area contributed by atoms with Crippen LogP contribution in [-0.4, -0.2) is 24.5 Å². The van der Waals surface area contributed by atoms with Gasteiger partial charge in [0.25, 0.3) is 0 Å². The molecule has 0 atom stereocenters. The van der Waals surface area contributed by atoms with E-state index in [9.17, 15) is 0 Å². The molecule has 0 aromatic heterocycles. The van der Waals surface area contributed by atoms with Crippen molar-refractivity contribution < 1.29 is 0 Å². The zero-order valence-electron chi connectivity index (χ0n) is 9.60. The van der Waals surface area contributed by atoms with Gasteiger partial charge in [-0.25, -0.2) is 0 Å². The number of unbranched alkanes of at least 4 members (excludes halogenated alkanes) is 2. The summed E-state index contributed by atoms with van der Waals surface area (Å²) < 4.78 is 0. The summed E-state index contributed by atoms with van der Waals surface area (Å²) in [5.74, 6) is 0. The van der Waals surface area contributed by atoms with Gasteiger partial charge in [0.1, 0.15) is 0 Å². The van der Waals surface area contributed by atoms with Crippen LogP contribution < -0.4 is 0 Å². The molecule has 0 rings (SSSR count). The second kappa shape index (κ2) is 8.31. The SMILES string of the molecule is C=C(CCCCC)CN(CC)CC. The minimum atomic E-state index is 1.09. The summed E-state index contributed by atoms with van der Waals surface area (Å²) >= 11 is 0. The summed E-state index contributed by atoms with van der Waals surface area (Å²) in [4.78, 5) is 2.42. The lowest BCUT2D eigenvalue weighted by molar-refractivity contribution is 0.326. The predicted octanol–water partition coefficient (Wildman–Crippen LogP) is 3.46. The van der Waals surface area contributed by atoms with Gasteiger partial charge in [-0.1, -0.05) is 45.8 Å². The van der Waals surface area contributed by atoms with Gasteiger partial charge in [-0.3, -0.25) is 4.90 Å². The Morgan fingerprint density at radius 1 is 1.08 bits per heavy atom. The van der Waals surface area contributed by atoms with Gasteiger partial charge >= 0.3 is 0 Å². The van der Waals surface area contributed by atoms with Crippen molar-refractivity contribution in [1.29, 1.82) is 0 Å². The molecule has 13 heavy (non-hydrogen) atoms. The van der Waals surface area contributed by atoms with Crippen molar-refractivity contribution in [2.75, 3.05) is 19.6 Å². The monoisotopic (exact) mass is 183 g/mol. The predicted molar refractivity (Wildman–Crippen MR) is 61.1 cm³/mol. The maximum atomic E-state index is 4.12. The number of hydrogen-bond acceptors (Lipinski definition) is 1. The highest BCUT2D eigenvalue weighted by molar-refractivity contribution is 4.96. The molecule has 0 spiro atoms. The van der Waals surface area contributed by atoms with Crippen molar-refractivity contribution >= 4 is 0 Å². The van der Waals surface area contributed by atoms with E-state index in [2.05, 4.69) is 32.3 Å². The molecule has 78 valence electrons. The van der Waals surface area contributed by atoms with Crippen molar-refractivity contribution in [2.45, 2.75) is 46.5 Å². The zero-order chi connectivity index (χ0) is 10.1. The molecule has 0 radical (unpaired) electrons. The van der Waals surface area contributed by atoms with Gasteiger partial charge in [0.15, 0.2) is 0 Å². The second-order valence-electron chi connectivity index (χ2n) is 3.67. The molecule has 0 fully saturated rings. The van der Waals surface area contributed by atoms with Gasteiger partial charge in [-0.15, -0.1) is 0 Å². The Balaban J connectivity index is 3.48. The first-order chi connectivity index (χ1) is 6.24. The standard InChI is InChI=1S/C12H25N/c1-5-8-9-10-12(4)11-13(6-2)7-3/h4-11H2,1-3H3. The molecule has 0 saturated heterocycles. The van der Waals surface area contributed by atoms with Crippen molar-refractivity contribution in [3.8, 4) is 0 Å². The van der Waals surface area contributed by atoms with Crippen molar-refractivity contribution in [1.82, 2.24) is 4.90 Å². The molecule has 1 nitrogen and oxygen atoms in total. The lowest BCUT2D eigenvalue weighted by atomic mass is 10.1. The molecule has 1 heteroatoms. The number of nitrogens with zero attached hydrogens (tertiary/aromatic N) is 1. The first kappa shape index (κ1) is 12.7. The summed E-state index contributed by atoms with van der Waals surface area (Å²) in [5, 5.41) is 0. The molecule has 0 amide bonds. The molecule has 0 aliphatic carbocycles. The average molecular weight is 183 g/mol. The summed E-state index contributed by atoms with van der Waals surface area (Å²) in [6.45, 7) is 14.2. The smallest absolute Gasteiger partial charge is 0.0189 e. The maximum Gasteiger partial charge on any atom is 0.0189 e.